The van der Waals surface area contributed by atoms with Crippen LogP contribution in [0.25, 0.3) is 0 Å². The molecule has 6 heteroatoms. The van der Waals surface area contributed by atoms with E-state index in [1.54, 1.807) is 12.1 Å². The summed E-state index contributed by atoms with van der Waals surface area (Å²) in [7, 11) is -3.37. The van der Waals surface area contributed by atoms with Gasteiger partial charge in [0.2, 0.25) is 10.0 Å². The average Bonchev–Trinajstić information content (AvgIpc) is 2.43. The van der Waals surface area contributed by atoms with Gasteiger partial charge in [0.1, 0.15) is 0 Å². The topological polar surface area (TPSA) is 58.2 Å². The largest absolute Gasteiger partial charge is 0.316 e. The Bertz CT molecular complexity index is 555. The second-order valence-electron chi connectivity index (χ2n) is 5.64. The Morgan fingerprint density at radius 3 is 2.67 bits per heavy atom. The van der Waals surface area contributed by atoms with Crippen LogP contribution < -0.4 is 10.0 Å². The molecule has 1 unspecified atom stereocenters. The molecule has 0 aliphatic carbocycles. The summed E-state index contributed by atoms with van der Waals surface area (Å²) in [6.45, 7) is 6.52. The van der Waals surface area contributed by atoms with Crippen LogP contribution in [0.1, 0.15) is 30.4 Å². The third-order valence-corrected chi connectivity index (χ3v) is 5.49. The highest BCUT2D eigenvalue weighted by Crippen LogP contribution is 2.16. The molecule has 0 radical (unpaired) electrons. The minimum absolute atomic E-state index is 0. The Hall–Kier alpha value is -0.620. The van der Waals surface area contributed by atoms with Crippen LogP contribution in [-0.2, 0) is 10.0 Å². The molecule has 0 aromatic heterocycles. The number of sulfonamides is 1. The van der Waals surface area contributed by atoms with Crippen molar-refractivity contribution in [2.24, 2.45) is 5.92 Å². The zero-order valence-corrected chi connectivity index (χ0v) is 14.3. The number of hydrogen-bond acceptors (Lipinski definition) is 3. The number of aryl methyl sites for hydroxylation is 2. The lowest BCUT2D eigenvalue weighted by Crippen LogP contribution is -2.33. The molecule has 1 heterocycles. The van der Waals surface area contributed by atoms with Gasteiger partial charge in [-0.15, -0.1) is 12.4 Å². The first-order valence-corrected chi connectivity index (χ1v) is 8.75. The van der Waals surface area contributed by atoms with E-state index in [9.17, 15) is 8.42 Å². The highest BCUT2D eigenvalue weighted by atomic mass is 35.5. The minimum Gasteiger partial charge on any atom is -0.316 e. The fourth-order valence-electron chi connectivity index (χ4n) is 2.53. The Kier molecular flexibility index (Phi) is 7.13. The second-order valence-corrected chi connectivity index (χ2v) is 7.41. The van der Waals surface area contributed by atoms with Crippen LogP contribution >= 0.6 is 12.4 Å². The number of halogens is 1. The fraction of sp³-hybridized carbons (Fsp3) is 0.600. The third-order valence-electron chi connectivity index (χ3n) is 4.03. The van der Waals surface area contributed by atoms with Crippen molar-refractivity contribution in [3.8, 4) is 0 Å². The lowest BCUT2D eigenvalue weighted by atomic mass is 9.96. The smallest absolute Gasteiger partial charge is 0.240 e. The van der Waals surface area contributed by atoms with E-state index >= 15 is 0 Å². The fourth-order valence-corrected chi connectivity index (χ4v) is 3.66. The van der Waals surface area contributed by atoms with Gasteiger partial charge in [-0.1, -0.05) is 6.07 Å². The highest BCUT2D eigenvalue weighted by Gasteiger charge is 2.17. The van der Waals surface area contributed by atoms with Crippen molar-refractivity contribution in [3.05, 3.63) is 29.3 Å². The van der Waals surface area contributed by atoms with E-state index in [4.69, 9.17) is 0 Å². The summed E-state index contributed by atoms with van der Waals surface area (Å²) in [6, 6.07) is 5.27. The number of benzene rings is 1. The molecule has 1 aliphatic rings. The molecular formula is C15H25ClN2O2S. The Morgan fingerprint density at radius 2 is 2.05 bits per heavy atom. The van der Waals surface area contributed by atoms with Crippen molar-refractivity contribution in [2.75, 3.05) is 19.6 Å². The predicted molar refractivity (Wildman–Crippen MR) is 88.6 cm³/mol. The van der Waals surface area contributed by atoms with Gasteiger partial charge >= 0.3 is 0 Å². The number of nitrogens with one attached hydrogen (secondary N) is 2. The molecule has 1 aliphatic heterocycles. The lowest BCUT2D eigenvalue weighted by Gasteiger charge is -2.22. The maximum absolute atomic E-state index is 12.2. The van der Waals surface area contributed by atoms with Crippen LogP contribution in [0.5, 0.6) is 0 Å². The quantitative estimate of drug-likeness (QED) is 0.870. The molecule has 2 N–H and O–H groups in total. The normalized spacial score (nSPS) is 19.0. The van der Waals surface area contributed by atoms with Crippen molar-refractivity contribution >= 4 is 22.4 Å². The Balaban J connectivity index is 0.00000220. The predicted octanol–water partition coefficient (Wildman–Crippen LogP) is 2.39. The summed E-state index contributed by atoms with van der Waals surface area (Å²) in [5, 5.41) is 3.35. The minimum atomic E-state index is -3.37. The number of piperidine rings is 1. The molecule has 1 aromatic rings. The molecule has 1 atom stereocenters. The summed E-state index contributed by atoms with van der Waals surface area (Å²) in [5.74, 6) is 0.589. The van der Waals surface area contributed by atoms with Crippen LogP contribution in [0, 0.1) is 19.8 Å². The summed E-state index contributed by atoms with van der Waals surface area (Å²) < 4.78 is 27.1. The summed E-state index contributed by atoms with van der Waals surface area (Å²) >= 11 is 0. The maximum Gasteiger partial charge on any atom is 0.240 e. The van der Waals surface area contributed by atoms with Crippen LogP contribution in [0.3, 0.4) is 0 Å². The molecule has 1 fully saturated rings. The van der Waals surface area contributed by atoms with E-state index in [0.717, 1.165) is 30.6 Å². The van der Waals surface area contributed by atoms with E-state index in [2.05, 4.69) is 10.0 Å². The standard InChI is InChI=1S/C15H24N2O2S.ClH/c1-12-5-6-15(10-13(12)2)20(18,19)17-9-7-14-4-3-8-16-11-14;/h5-6,10,14,16-17H,3-4,7-9,11H2,1-2H3;1H. The van der Waals surface area contributed by atoms with Gasteiger partial charge in [0, 0.05) is 6.54 Å². The second kappa shape index (κ2) is 8.13. The molecule has 1 aromatic carbocycles. The molecule has 0 bridgehead atoms. The zero-order chi connectivity index (χ0) is 14.6. The zero-order valence-electron chi connectivity index (χ0n) is 12.7. The Morgan fingerprint density at radius 1 is 1.29 bits per heavy atom. The molecular weight excluding hydrogens is 308 g/mol. The summed E-state index contributed by atoms with van der Waals surface area (Å²) in [6.07, 6.45) is 3.28. The van der Waals surface area contributed by atoms with E-state index in [1.807, 2.05) is 19.9 Å². The van der Waals surface area contributed by atoms with Crippen LogP contribution in [0.2, 0.25) is 0 Å². The van der Waals surface area contributed by atoms with Crippen LogP contribution in [0.4, 0.5) is 0 Å². The lowest BCUT2D eigenvalue weighted by molar-refractivity contribution is 0.358. The molecule has 4 nitrogen and oxygen atoms in total. The SMILES string of the molecule is Cc1ccc(S(=O)(=O)NCCC2CCCNC2)cc1C.Cl. The van der Waals surface area contributed by atoms with Gasteiger partial charge in [-0.2, -0.15) is 0 Å². The van der Waals surface area contributed by atoms with Crippen molar-refractivity contribution < 1.29 is 8.42 Å². The van der Waals surface area contributed by atoms with Crippen molar-refractivity contribution in [1.29, 1.82) is 0 Å². The first-order chi connectivity index (χ1) is 9.49. The monoisotopic (exact) mass is 332 g/mol. The highest BCUT2D eigenvalue weighted by molar-refractivity contribution is 7.89. The van der Waals surface area contributed by atoms with Crippen molar-refractivity contribution in [3.63, 3.8) is 0 Å². The van der Waals surface area contributed by atoms with Crippen molar-refractivity contribution in [2.45, 2.75) is 38.0 Å². The van der Waals surface area contributed by atoms with E-state index < -0.39 is 10.0 Å². The Labute approximate surface area is 134 Å². The average molecular weight is 333 g/mol. The maximum atomic E-state index is 12.2. The molecule has 0 saturated carbocycles. The summed E-state index contributed by atoms with van der Waals surface area (Å²) in [5.41, 5.74) is 2.11. The van der Waals surface area contributed by atoms with Gasteiger partial charge in [0.25, 0.3) is 0 Å². The molecule has 0 amide bonds. The molecule has 120 valence electrons. The summed E-state index contributed by atoms with van der Waals surface area (Å²) in [4.78, 5) is 0.363. The van der Waals surface area contributed by atoms with Gasteiger partial charge in [0.05, 0.1) is 4.90 Å². The van der Waals surface area contributed by atoms with Gasteiger partial charge in [-0.05, 0) is 75.4 Å². The van der Waals surface area contributed by atoms with Crippen LogP contribution in [0.15, 0.2) is 23.1 Å². The van der Waals surface area contributed by atoms with Gasteiger partial charge < -0.3 is 5.32 Å². The molecule has 21 heavy (non-hydrogen) atoms. The molecule has 1 saturated heterocycles. The van der Waals surface area contributed by atoms with E-state index in [1.165, 1.54) is 12.8 Å². The van der Waals surface area contributed by atoms with E-state index in [-0.39, 0.29) is 12.4 Å². The van der Waals surface area contributed by atoms with Gasteiger partial charge in [-0.25, -0.2) is 13.1 Å². The van der Waals surface area contributed by atoms with Gasteiger partial charge in [0.15, 0.2) is 0 Å². The molecule has 0 spiro atoms. The first-order valence-electron chi connectivity index (χ1n) is 7.27. The number of hydrogen-bond donors (Lipinski definition) is 2. The molecule has 2 rings (SSSR count). The third kappa shape index (κ3) is 5.25. The van der Waals surface area contributed by atoms with E-state index in [0.29, 0.717) is 17.4 Å². The van der Waals surface area contributed by atoms with Crippen molar-refractivity contribution in [1.82, 2.24) is 10.0 Å². The first kappa shape index (κ1) is 18.4. The number of rotatable bonds is 5. The van der Waals surface area contributed by atoms with Gasteiger partial charge in [-0.3, -0.25) is 0 Å². The van der Waals surface area contributed by atoms with Crippen LogP contribution in [-0.4, -0.2) is 28.1 Å².